The Hall–Kier alpha value is -2.05. The first-order chi connectivity index (χ1) is 9.33. The number of anilines is 2. The van der Waals surface area contributed by atoms with E-state index in [1.165, 1.54) is 0 Å². The molecule has 0 spiro atoms. The number of halogens is 1. The maximum absolute atomic E-state index is 12.2. The Labute approximate surface area is 121 Å². The van der Waals surface area contributed by atoms with Gasteiger partial charge in [0, 0.05) is 11.4 Å². The maximum Gasteiger partial charge on any atom is 0.307 e. The van der Waals surface area contributed by atoms with Crippen LogP contribution in [0, 0.1) is 11.8 Å². The molecule has 2 aromatic carbocycles. The number of rotatable bonds is 2. The van der Waals surface area contributed by atoms with E-state index in [2.05, 4.69) is 27.8 Å². The van der Waals surface area contributed by atoms with Crippen LogP contribution in [0.1, 0.15) is 0 Å². The van der Waals surface area contributed by atoms with Crippen molar-refractivity contribution in [1.82, 2.24) is 0 Å². The van der Waals surface area contributed by atoms with E-state index in [0.717, 1.165) is 11.4 Å². The molecule has 0 aromatic heterocycles. The van der Waals surface area contributed by atoms with Crippen LogP contribution in [0.2, 0.25) is 0 Å². The van der Waals surface area contributed by atoms with E-state index in [1.54, 1.807) is 4.90 Å². The summed E-state index contributed by atoms with van der Waals surface area (Å²) in [6.07, 6.45) is 0. The van der Waals surface area contributed by atoms with Crippen molar-refractivity contribution in [3.8, 4) is 11.8 Å². The number of para-hydroxylation sites is 2. The predicted molar refractivity (Wildman–Crippen MR) is 81.6 cm³/mol. The molecular weight excluding hydrogens is 302 g/mol. The zero-order valence-electron chi connectivity index (χ0n) is 10.2. The Kier molecular flexibility index (Phi) is 4.77. The summed E-state index contributed by atoms with van der Waals surface area (Å²) in [4.78, 5) is 13.8. The zero-order chi connectivity index (χ0) is 13.5. The van der Waals surface area contributed by atoms with Gasteiger partial charge in [0.2, 0.25) is 0 Å². The molecule has 0 saturated carbocycles. The second-order valence-corrected chi connectivity index (χ2v) is 4.31. The Morgan fingerprint density at radius 1 is 0.947 bits per heavy atom. The molecule has 0 bridgehead atoms. The second-order valence-electron chi connectivity index (χ2n) is 3.75. The summed E-state index contributed by atoms with van der Waals surface area (Å²) in [5.41, 5.74) is 1.62. The average molecular weight is 314 g/mol. The molecule has 94 valence electrons. The van der Waals surface area contributed by atoms with Gasteiger partial charge in [-0.15, -0.1) is 0 Å². The average Bonchev–Trinajstić information content (AvgIpc) is 2.47. The molecule has 0 aliphatic carbocycles. The quantitative estimate of drug-likeness (QED) is 0.611. The molecule has 0 fully saturated rings. The minimum atomic E-state index is -0.239. The van der Waals surface area contributed by atoms with Crippen molar-refractivity contribution < 1.29 is 4.79 Å². The lowest BCUT2D eigenvalue weighted by atomic mass is 10.2. The van der Waals surface area contributed by atoms with Gasteiger partial charge in [-0.2, -0.15) is 0 Å². The van der Waals surface area contributed by atoms with Crippen LogP contribution in [-0.4, -0.2) is 11.2 Å². The maximum atomic E-state index is 12.2. The highest BCUT2D eigenvalue weighted by molar-refractivity contribution is 9.09. The summed E-state index contributed by atoms with van der Waals surface area (Å²) in [6, 6.07) is 19.0. The van der Waals surface area contributed by atoms with Gasteiger partial charge in [0.25, 0.3) is 0 Å². The summed E-state index contributed by atoms with van der Waals surface area (Å²) < 4.78 is 0. The van der Waals surface area contributed by atoms with E-state index in [-0.39, 0.29) is 5.91 Å². The van der Waals surface area contributed by atoms with Crippen molar-refractivity contribution in [2.24, 2.45) is 0 Å². The van der Waals surface area contributed by atoms with Crippen molar-refractivity contribution in [3.05, 3.63) is 60.7 Å². The van der Waals surface area contributed by atoms with E-state index >= 15 is 0 Å². The molecule has 0 unspecified atom stereocenters. The van der Waals surface area contributed by atoms with Crippen LogP contribution in [0.4, 0.5) is 11.4 Å². The number of amides is 1. The van der Waals surface area contributed by atoms with Gasteiger partial charge in [-0.05, 0) is 30.2 Å². The third kappa shape index (κ3) is 3.46. The van der Waals surface area contributed by atoms with Crippen LogP contribution in [0.25, 0.3) is 0 Å². The minimum Gasteiger partial charge on any atom is -0.270 e. The molecule has 0 atom stereocenters. The monoisotopic (exact) mass is 313 g/mol. The van der Waals surface area contributed by atoms with E-state index in [1.807, 2.05) is 60.7 Å². The predicted octanol–water partition coefficient (Wildman–Crippen LogP) is 3.75. The van der Waals surface area contributed by atoms with E-state index in [4.69, 9.17) is 0 Å². The molecule has 0 N–H and O–H groups in total. The SMILES string of the molecule is O=C(C#CCBr)N(c1ccccc1)c1ccccc1. The minimum absolute atomic E-state index is 0.239. The molecule has 0 aliphatic rings. The third-order valence-electron chi connectivity index (χ3n) is 2.49. The molecule has 2 aromatic rings. The molecule has 2 rings (SSSR count). The molecule has 2 nitrogen and oxygen atoms in total. The molecule has 0 saturated heterocycles. The topological polar surface area (TPSA) is 20.3 Å². The first kappa shape index (κ1) is 13.4. The van der Waals surface area contributed by atoms with Gasteiger partial charge in [0.15, 0.2) is 0 Å². The van der Waals surface area contributed by atoms with E-state index < -0.39 is 0 Å². The normalized spacial score (nSPS) is 9.32. The Morgan fingerprint density at radius 3 is 1.84 bits per heavy atom. The second kappa shape index (κ2) is 6.77. The highest BCUT2D eigenvalue weighted by atomic mass is 79.9. The Bertz CT molecular complexity index is 559. The van der Waals surface area contributed by atoms with Gasteiger partial charge >= 0.3 is 5.91 Å². The van der Waals surface area contributed by atoms with Crippen molar-refractivity contribution in [2.45, 2.75) is 0 Å². The van der Waals surface area contributed by atoms with Crippen molar-refractivity contribution in [1.29, 1.82) is 0 Å². The summed E-state index contributed by atoms with van der Waals surface area (Å²) in [6.45, 7) is 0. The summed E-state index contributed by atoms with van der Waals surface area (Å²) in [5, 5.41) is 0.482. The van der Waals surface area contributed by atoms with E-state index in [9.17, 15) is 4.79 Å². The molecule has 1 amide bonds. The van der Waals surface area contributed by atoms with Crippen molar-refractivity contribution in [3.63, 3.8) is 0 Å². The molecule has 3 heteroatoms. The standard InChI is InChI=1S/C16H12BrNO/c17-13-7-12-16(19)18(14-8-3-1-4-9-14)15-10-5-2-6-11-15/h1-6,8-11H,13H2. The fourth-order valence-electron chi connectivity index (χ4n) is 1.70. The first-order valence-corrected chi connectivity index (χ1v) is 6.94. The summed E-state index contributed by atoms with van der Waals surface area (Å²) >= 11 is 3.20. The van der Waals surface area contributed by atoms with Crippen LogP contribution in [-0.2, 0) is 4.79 Å². The van der Waals surface area contributed by atoms with Gasteiger partial charge in [-0.1, -0.05) is 58.2 Å². The summed E-state index contributed by atoms with van der Waals surface area (Å²) in [5.74, 6) is 5.12. The molecule has 0 aliphatic heterocycles. The number of hydrogen-bond acceptors (Lipinski definition) is 1. The number of alkyl halides is 1. The van der Waals surface area contributed by atoms with Gasteiger partial charge in [0.05, 0.1) is 5.33 Å². The van der Waals surface area contributed by atoms with E-state index in [0.29, 0.717) is 5.33 Å². The lowest BCUT2D eigenvalue weighted by Gasteiger charge is -2.20. The first-order valence-electron chi connectivity index (χ1n) is 5.82. The number of carbonyl (C=O) groups excluding carboxylic acids is 1. The largest absolute Gasteiger partial charge is 0.307 e. The van der Waals surface area contributed by atoms with Gasteiger partial charge in [0.1, 0.15) is 0 Å². The number of nitrogens with zero attached hydrogens (tertiary/aromatic N) is 1. The third-order valence-corrected chi connectivity index (χ3v) is 2.77. The number of benzene rings is 2. The number of carbonyl (C=O) groups is 1. The lowest BCUT2D eigenvalue weighted by Crippen LogP contribution is -2.24. The zero-order valence-corrected chi connectivity index (χ0v) is 11.8. The molecular formula is C16H12BrNO. The fraction of sp³-hybridized carbons (Fsp3) is 0.0625. The van der Waals surface area contributed by atoms with Crippen molar-refractivity contribution >= 4 is 33.2 Å². The van der Waals surface area contributed by atoms with Crippen LogP contribution >= 0.6 is 15.9 Å². The molecule has 19 heavy (non-hydrogen) atoms. The van der Waals surface area contributed by atoms with Crippen LogP contribution < -0.4 is 4.90 Å². The van der Waals surface area contributed by atoms with Gasteiger partial charge in [-0.3, -0.25) is 9.69 Å². The number of hydrogen-bond donors (Lipinski definition) is 0. The summed E-state index contributed by atoms with van der Waals surface area (Å²) in [7, 11) is 0. The van der Waals surface area contributed by atoms with Gasteiger partial charge < -0.3 is 0 Å². The van der Waals surface area contributed by atoms with Crippen molar-refractivity contribution in [2.75, 3.05) is 10.2 Å². The molecule has 0 radical (unpaired) electrons. The van der Waals surface area contributed by atoms with Crippen LogP contribution in [0.15, 0.2) is 60.7 Å². The van der Waals surface area contributed by atoms with Gasteiger partial charge in [-0.25, -0.2) is 0 Å². The Balaban J connectivity index is 2.43. The van der Waals surface area contributed by atoms with Crippen LogP contribution in [0.3, 0.4) is 0 Å². The Morgan fingerprint density at radius 2 is 1.42 bits per heavy atom. The molecule has 0 heterocycles. The fourth-order valence-corrected chi connectivity index (χ4v) is 1.84. The highest BCUT2D eigenvalue weighted by Gasteiger charge is 2.15. The van der Waals surface area contributed by atoms with Crippen LogP contribution in [0.5, 0.6) is 0 Å². The highest BCUT2D eigenvalue weighted by Crippen LogP contribution is 2.24. The smallest absolute Gasteiger partial charge is 0.270 e. The lowest BCUT2D eigenvalue weighted by molar-refractivity contribution is -0.112.